The molecule has 1 amide bonds. The van der Waals surface area contributed by atoms with Gasteiger partial charge in [0.25, 0.3) is 0 Å². The summed E-state index contributed by atoms with van der Waals surface area (Å²) in [6, 6.07) is 6.79. The van der Waals surface area contributed by atoms with Crippen molar-refractivity contribution in [3.63, 3.8) is 0 Å². The number of pyridine rings is 1. The van der Waals surface area contributed by atoms with Crippen LogP contribution in [-0.2, 0) is 4.74 Å². The van der Waals surface area contributed by atoms with Gasteiger partial charge in [-0.25, -0.2) is 9.59 Å². The topological polar surface area (TPSA) is 68.7 Å². The lowest BCUT2D eigenvalue weighted by atomic mass is 10.1. The van der Waals surface area contributed by atoms with Crippen LogP contribution in [0.2, 0.25) is 0 Å². The van der Waals surface area contributed by atoms with Crippen LogP contribution in [0.1, 0.15) is 10.4 Å². The highest BCUT2D eigenvalue weighted by molar-refractivity contribution is 5.95. The summed E-state index contributed by atoms with van der Waals surface area (Å²) in [7, 11) is 4.49. The Morgan fingerprint density at radius 1 is 1.25 bits per heavy atom. The molecule has 0 N–H and O–H groups in total. The minimum atomic E-state index is -0.489. The molecule has 0 radical (unpaired) electrons. The normalized spacial score (nSPS) is 10.2. The van der Waals surface area contributed by atoms with Crippen LogP contribution in [0.5, 0.6) is 5.75 Å². The summed E-state index contributed by atoms with van der Waals surface area (Å²) in [4.78, 5) is 28.5. The lowest BCUT2D eigenvalue weighted by Crippen LogP contribution is -2.25. The lowest BCUT2D eigenvalue weighted by molar-refractivity contribution is 0.0600. The van der Waals surface area contributed by atoms with E-state index in [1.165, 1.54) is 18.2 Å². The van der Waals surface area contributed by atoms with Crippen molar-refractivity contribution in [2.45, 2.75) is 0 Å². The third-order valence-corrected chi connectivity index (χ3v) is 2.66. The third-order valence-electron chi connectivity index (χ3n) is 2.66. The van der Waals surface area contributed by atoms with Crippen LogP contribution in [0, 0.1) is 0 Å². The number of hydrogen-bond donors (Lipinski definition) is 0. The van der Waals surface area contributed by atoms with E-state index in [0.717, 1.165) is 0 Å². The number of fused-ring (bicyclic) bond motifs is 1. The van der Waals surface area contributed by atoms with Gasteiger partial charge in [-0.2, -0.15) is 0 Å². The van der Waals surface area contributed by atoms with E-state index < -0.39 is 12.1 Å². The largest absolute Gasteiger partial charge is 0.465 e. The number of methoxy groups -OCH3 is 1. The van der Waals surface area contributed by atoms with Gasteiger partial charge in [0.2, 0.25) is 0 Å². The number of ether oxygens (including phenoxy) is 2. The van der Waals surface area contributed by atoms with Gasteiger partial charge in [-0.05, 0) is 12.1 Å². The van der Waals surface area contributed by atoms with Gasteiger partial charge >= 0.3 is 12.1 Å². The van der Waals surface area contributed by atoms with Gasteiger partial charge < -0.3 is 14.4 Å². The van der Waals surface area contributed by atoms with Crippen LogP contribution in [-0.4, -0.2) is 43.2 Å². The van der Waals surface area contributed by atoms with Crippen LogP contribution in [0.15, 0.2) is 30.5 Å². The Kier molecular flexibility index (Phi) is 3.84. The molecule has 104 valence electrons. The fraction of sp³-hybridized carbons (Fsp3) is 0.214. The summed E-state index contributed by atoms with van der Waals surface area (Å²) >= 11 is 0. The van der Waals surface area contributed by atoms with Crippen molar-refractivity contribution in [2.75, 3.05) is 21.2 Å². The molecule has 0 saturated heterocycles. The van der Waals surface area contributed by atoms with E-state index in [4.69, 9.17) is 4.74 Å². The van der Waals surface area contributed by atoms with E-state index in [0.29, 0.717) is 22.2 Å². The highest BCUT2D eigenvalue weighted by atomic mass is 16.6. The minimum absolute atomic E-state index is 0.344. The molecule has 6 heteroatoms. The molecular formula is C14H14N2O4. The predicted octanol–water partition coefficient (Wildman–Crippen LogP) is 2.08. The first kappa shape index (κ1) is 13.8. The summed E-state index contributed by atoms with van der Waals surface area (Å²) < 4.78 is 9.86. The average Bonchev–Trinajstić information content (AvgIpc) is 2.46. The number of nitrogens with zero attached hydrogens (tertiary/aromatic N) is 2. The molecule has 0 aliphatic carbocycles. The van der Waals surface area contributed by atoms with Crippen LogP contribution >= 0.6 is 0 Å². The van der Waals surface area contributed by atoms with Crippen molar-refractivity contribution >= 4 is 23.0 Å². The Bertz CT molecular complexity index is 667. The minimum Gasteiger partial charge on any atom is -0.465 e. The number of amides is 1. The Hall–Kier alpha value is -2.63. The third kappa shape index (κ3) is 2.69. The zero-order valence-corrected chi connectivity index (χ0v) is 11.4. The lowest BCUT2D eigenvalue weighted by Gasteiger charge is -2.12. The molecule has 1 aromatic carbocycles. The molecule has 1 aromatic heterocycles. The molecule has 0 aliphatic heterocycles. The summed E-state index contributed by atoms with van der Waals surface area (Å²) in [5.74, 6) is -0.118. The number of benzene rings is 1. The summed E-state index contributed by atoms with van der Waals surface area (Å²) in [5, 5.41) is 0.692. The van der Waals surface area contributed by atoms with Gasteiger partial charge in [-0.15, -0.1) is 0 Å². The van der Waals surface area contributed by atoms with Crippen LogP contribution in [0.4, 0.5) is 4.79 Å². The standard InChI is InChI=1S/C14H14N2O4/c1-16(2)14(18)20-11-6-4-5-9-7-10(13(17)19-3)8-15-12(9)11/h4-8H,1-3H3. The number of para-hydroxylation sites is 1. The Morgan fingerprint density at radius 2 is 2.00 bits per heavy atom. The van der Waals surface area contributed by atoms with Crippen LogP contribution < -0.4 is 4.74 Å². The predicted molar refractivity (Wildman–Crippen MR) is 72.8 cm³/mol. The molecule has 0 unspecified atom stereocenters. The van der Waals surface area contributed by atoms with Crippen LogP contribution in [0.25, 0.3) is 10.9 Å². The number of rotatable bonds is 2. The Labute approximate surface area is 115 Å². The first-order valence-corrected chi connectivity index (χ1v) is 5.89. The molecule has 0 saturated carbocycles. The van der Waals surface area contributed by atoms with Crippen molar-refractivity contribution in [3.05, 3.63) is 36.0 Å². The average molecular weight is 274 g/mol. The van der Waals surface area contributed by atoms with Gasteiger partial charge in [0.15, 0.2) is 5.75 Å². The number of carbonyl (C=O) groups is 2. The molecule has 2 aromatic rings. The van der Waals surface area contributed by atoms with Crippen molar-refractivity contribution in [2.24, 2.45) is 0 Å². The van der Waals surface area contributed by atoms with E-state index >= 15 is 0 Å². The highest BCUT2D eigenvalue weighted by Gasteiger charge is 2.13. The maximum atomic E-state index is 11.6. The Morgan fingerprint density at radius 3 is 2.65 bits per heavy atom. The summed E-state index contributed by atoms with van der Waals surface area (Å²) in [6.45, 7) is 0. The van der Waals surface area contributed by atoms with E-state index in [1.54, 1.807) is 38.4 Å². The number of aromatic nitrogens is 1. The zero-order chi connectivity index (χ0) is 14.7. The molecule has 0 fully saturated rings. The molecule has 6 nitrogen and oxygen atoms in total. The van der Waals surface area contributed by atoms with Gasteiger partial charge in [0.05, 0.1) is 12.7 Å². The molecule has 20 heavy (non-hydrogen) atoms. The van der Waals surface area contributed by atoms with E-state index in [1.807, 2.05) is 0 Å². The van der Waals surface area contributed by atoms with Gasteiger partial charge in [-0.3, -0.25) is 4.98 Å². The number of hydrogen-bond acceptors (Lipinski definition) is 5. The van der Waals surface area contributed by atoms with Gasteiger partial charge in [-0.1, -0.05) is 12.1 Å². The number of esters is 1. The number of carbonyl (C=O) groups excluding carboxylic acids is 2. The summed E-state index contributed by atoms with van der Waals surface area (Å²) in [6.07, 6.45) is 0.901. The van der Waals surface area contributed by atoms with Crippen molar-refractivity contribution in [3.8, 4) is 5.75 Å². The van der Waals surface area contributed by atoms with E-state index in [-0.39, 0.29) is 0 Å². The second kappa shape index (κ2) is 5.56. The monoisotopic (exact) mass is 274 g/mol. The maximum Gasteiger partial charge on any atom is 0.414 e. The first-order chi connectivity index (χ1) is 9.52. The summed E-state index contributed by atoms with van der Waals surface area (Å²) in [5.41, 5.74) is 0.853. The smallest absolute Gasteiger partial charge is 0.414 e. The van der Waals surface area contributed by atoms with E-state index in [2.05, 4.69) is 9.72 Å². The van der Waals surface area contributed by atoms with Crippen molar-refractivity contribution < 1.29 is 19.1 Å². The zero-order valence-electron chi connectivity index (χ0n) is 11.4. The van der Waals surface area contributed by atoms with Crippen LogP contribution in [0.3, 0.4) is 0 Å². The first-order valence-electron chi connectivity index (χ1n) is 5.89. The Balaban J connectivity index is 2.43. The van der Waals surface area contributed by atoms with Gasteiger partial charge in [0, 0.05) is 25.7 Å². The fourth-order valence-corrected chi connectivity index (χ4v) is 1.63. The van der Waals surface area contributed by atoms with Crippen molar-refractivity contribution in [1.29, 1.82) is 0 Å². The molecule has 0 aliphatic rings. The second-order valence-corrected chi connectivity index (χ2v) is 4.31. The van der Waals surface area contributed by atoms with Gasteiger partial charge in [0.1, 0.15) is 5.52 Å². The molecule has 2 rings (SSSR count). The van der Waals surface area contributed by atoms with Crippen molar-refractivity contribution in [1.82, 2.24) is 9.88 Å². The molecule has 1 heterocycles. The quantitative estimate of drug-likeness (QED) is 0.784. The maximum absolute atomic E-state index is 11.6. The highest BCUT2D eigenvalue weighted by Crippen LogP contribution is 2.24. The molecule has 0 atom stereocenters. The SMILES string of the molecule is COC(=O)c1cnc2c(OC(=O)N(C)C)cccc2c1. The second-order valence-electron chi connectivity index (χ2n) is 4.31. The van der Waals surface area contributed by atoms with E-state index in [9.17, 15) is 9.59 Å². The molecular weight excluding hydrogens is 260 g/mol. The molecule has 0 bridgehead atoms. The fourth-order valence-electron chi connectivity index (χ4n) is 1.63. The molecule has 0 spiro atoms.